The molecule has 3 atom stereocenters. The van der Waals surface area contributed by atoms with Crippen LogP contribution < -0.4 is 0 Å². The Hall–Kier alpha value is -0.740. The van der Waals surface area contributed by atoms with Gasteiger partial charge in [0.25, 0.3) is 0 Å². The molecule has 0 bridgehead atoms. The molecule has 2 rings (SSSR count). The van der Waals surface area contributed by atoms with Crippen molar-refractivity contribution >= 4 is 10.8 Å². The highest BCUT2D eigenvalue weighted by molar-refractivity contribution is 7.85. The molecule has 4 heteroatoms. The van der Waals surface area contributed by atoms with Gasteiger partial charge in [0, 0.05) is 4.90 Å². The fourth-order valence-corrected chi connectivity index (χ4v) is 3.13. The zero-order chi connectivity index (χ0) is 11.5. The predicted molar refractivity (Wildman–Crippen MR) is 61.2 cm³/mol. The van der Waals surface area contributed by atoms with E-state index in [1.165, 1.54) is 12.1 Å². The molecule has 88 valence electrons. The molecule has 2 nitrogen and oxygen atoms in total. The SMILES string of the molecule is CC1CCC(CS(=O)c2cccc(F)c2)O1. The topological polar surface area (TPSA) is 26.3 Å². The smallest absolute Gasteiger partial charge is 0.124 e. The van der Waals surface area contributed by atoms with E-state index < -0.39 is 10.8 Å². The van der Waals surface area contributed by atoms with Gasteiger partial charge in [0.15, 0.2) is 0 Å². The van der Waals surface area contributed by atoms with E-state index in [-0.39, 0.29) is 18.0 Å². The molecule has 0 spiro atoms. The summed E-state index contributed by atoms with van der Waals surface area (Å²) in [5.41, 5.74) is 0. The van der Waals surface area contributed by atoms with Gasteiger partial charge in [-0.1, -0.05) is 6.07 Å². The third kappa shape index (κ3) is 2.89. The molecule has 1 aliphatic heterocycles. The van der Waals surface area contributed by atoms with Gasteiger partial charge in [-0.15, -0.1) is 0 Å². The highest BCUT2D eigenvalue weighted by Gasteiger charge is 2.24. The van der Waals surface area contributed by atoms with Crippen molar-refractivity contribution in [3.05, 3.63) is 30.1 Å². The molecule has 3 unspecified atom stereocenters. The van der Waals surface area contributed by atoms with Crippen molar-refractivity contribution < 1.29 is 13.3 Å². The fourth-order valence-electron chi connectivity index (χ4n) is 1.88. The Morgan fingerprint density at radius 1 is 1.50 bits per heavy atom. The minimum Gasteiger partial charge on any atom is -0.374 e. The second-order valence-corrected chi connectivity index (χ2v) is 5.61. The van der Waals surface area contributed by atoms with E-state index >= 15 is 0 Å². The second-order valence-electron chi connectivity index (χ2n) is 4.12. The van der Waals surface area contributed by atoms with Crippen LogP contribution in [-0.2, 0) is 15.5 Å². The lowest BCUT2D eigenvalue weighted by Crippen LogP contribution is -2.17. The van der Waals surface area contributed by atoms with Crippen LogP contribution in [0.25, 0.3) is 0 Å². The van der Waals surface area contributed by atoms with Gasteiger partial charge in [-0.05, 0) is 38.0 Å². The van der Waals surface area contributed by atoms with Gasteiger partial charge < -0.3 is 4.74 Å². The minimum absolute atomic E-state index is 0.0547. The summed E-state index contributed by atoms with van der Waals surface area (Å²) in [5, 5.41) is 0. The number of ether oxygens (including phenoxy) is 1. The molecule has 1 aromatic rings. The van der Waals surface area contributed by atoms with Crippen LogP contribution >= 0.6 is 0 Å². The molecule has 0 aliphatic carbocycles. The lowest BCUT2D eigenvalue weighted by atomic mass is 10.2. The van der Waals surface area contributed by atoms with Crippen LogP contribution in [0.5, 0.6) is 0 Å². The molecule has 1 aromatic carbocycles. The quantitative estimate of drug-likeness (QED) is 0.814. The summed E-state index contributed by atoms with van der Waals surface area (Å²) in [5.74, 6) is 0.125. The number of benzene rings is 1. The highest BCUT2D eigenvalue weighted by Crippen LogP contribution is 2.21. The number of rotatable bonds is 3. The maximum atomic E-state index is 12.9. The molecular weight excluding hydrogens is 227 g/mol. The van der Waals surface area contributed by atoms with Crippen molar-refractivity contribution in [1.82, 2.24) is 0 Å². The molecule has 0 amide bonds. The largest absolute Gasteiger partial charge is 0.374 e. The van der Waals surface area contributed by atoms with Crippen LogP contribution in [0.2, 0.25) is 0 Å². The molecule has 0 aromatic heterocycles. The maximum absolute atomic E-state index is 12.9. The summed E-state index contributed by atoms with van der Waals surface area (Å²) >= 11 is 0. The zero-order valence-electron chi connectivity index (χ0n) is 9.19. The normalized spacial score (nSPS) is 26.9. The number of halogens is 1. The average molecular weight is 242 g/mol. The summed E-state index contributed by atoms with van der Waals surface area (Å²) in [7, 11) is -1.16. The van der Waals surface area contributed by atoms with E-state index in [1.807, 2.05) is 6.92 Å². The zero-order valence-corrected chi connectivity index (χ0v) is 10.0. The Balaban J connectivity index is 1.98. The van der Waals surface area contributed by atoms with E-state index in [4.69, 9.17) is 4.74 Å². The molecule has 1 aliphatic rings. The summed E-state index contributed by atoms with van der Waals surface area (Å²) in [6.45, 7) is 2.02. The van der Waals surface area contributed by atoms with Crippen LogP contribution in [-0.4, -0.2) is 22.2 Å². The summed E-state index contributed by atoms with van der Waals surface area (Å²) in [6.07, 6.45) is 2.28. The summed E-state index contributed by atoms with van der Waals surface area (Å²) in [4.78, 5) is 0.545. The molecule has 0 N–H and O–H groups in total. The van der Waals surface area contributed by atoms with E-state index in [2.05, 4.69) is 0 Å². The Morgan fingerprint density at radius 3 is 2.94 bits per heavy atom. The number of hydrogen-bond acceptors (Lipinski definition) is 2. The van der Waals surface area contributed by atoms with Gasteiger partial charge in [-0.2, -0.15) is 0 Å². The molecule has 1 saturated heterocycles. The Bertz CT molecular complexity index is 394. The Morgan fingerprint density at radius 2 is 2.31 bits per heavy atom. The van der Waals surface area contributed by atoms with Crippen molar-refractivity contribution in [2.24, 2.45) is 0 Å². The maximum Gasteiger partial charge on any atom is 0.124 e. The monoisotopic (exact) mass is 242 g/mol. The summed E-state index contributed by atoms with van der Waals surface area (Å²) in [6, 6.07) is 5.96. The Labute approximate surface area is 97.3 Å². The molecule has 16 heavy (non-hydrogen) atoms. The van der Waals surface area contributed by atoms with Crippen LogP contribution in [0.4, 0.5) is 4.39 Å². The average Bonchev–Trinajstić information content (AvgIpc) is 2.64. The first-order chi connectivity index (χ1) is 7.65. The van der Waals surface area contributed by atoms with E-state index in [9.17, 15) is 8.60 Å². The van der Waals surface area contributed by atoms with E-state index in [1.54, 1.807) is 12.1 Å². The fraction of sp³-hybridized carbons (Fsp3) is 0.500. The molecule has 1 fully saturated rings. The minimum atomic E-state index is -1.16. The van der Waals surface area contributed by atoms with Crippen LogP contribution in [0, 0.1) is 5.82 Å². The van der Waals surface area contributed by atoms with Crippen LogP contribution in [0.1, 0.15) is 19.8 Å². The first-order valence-electron chi connectivity index (χ1n) is 5.44. The van der Waals surface area contributed by atoms with Crippen molar-refractivity contribution in [2.45, 2.75) is 36.9 Å². The lowest BCUT2D eigenvalue weighted by molar-refractivity contribution is 0.0695. The lowest BCUT2D eigenvalue weighted by Gasteiger charge is -2.10. The van der Waals surface area contributed by atoms with Gasteiger partial charge in [0.1, 0.15) is 5.82 Å². The van der Waals surface area contributed by atoms with Crippen molar-refractivity contribution in [3.63, 3.8) is 0 Å². The van der Waals surface area contributed by atoms with Gasteiger partial charge in [-0.25, -0.2) is 4.39 Å². The third-order valence-corrected chi connectivity index (χ3v) is 4.17. The molecular formula is C12H15FO2S. The highest BCUT2D eigenvalue weighted by atomic mass is 32.2. The van der Waals surface area contributed by atoms with Crippen molar-refractivity contribution in [2.75, 3.05) is 5.75 Å². The van der Waals surface area contributed by atoms with Crippen LogP contribution in [0.3, 0.4) is 0 Å². The van der Waals surface area contributed by atoms with Crippen molar-refractivity contribution in [3.8, 4) is 0 Å². The summed E-state index contributed by atoms with van der Waals surface area (Å²) < 4.78 is 30.5. The number of hydrogen-bond donors (Lipinski definition) is 0. The van der Waals surface area contributed by atoms with Gasteiger partial charge in [-0.3, -0.25) is 4.21 Å². The molecule has 0 radical (unpaired) electrons. The first-order valence-corrected chi connectivity index (χ1v) is 6.76. The Kier molecular flexibility index (Phi) is 3.71. The van der Waals surface area contributed by atoms with Gasteiger partial charge >= 0.3 is 0 Å². The molecule has 0 saturated carbocycles. The second kappa shape index (κ2) is 5.06. The predicted octanol–water partition coefficient (Wildman–Crippen LogP) is 2.50. The molecule has 1 heterocycles. The first kappa shape index (κ1) is 11.7. The standard InChI is InChI=1S/C12H15FO2S/c1-9-5-6-11(15-9)8-16(14)12-4-2-3-10(13)7-12/h2-4,7,9,11H,5-6,8H2,1H3. The van der Waals surface area contributed by atoms with Gasteiger partial charge in [0.2, 0.25) is 0 Å². The van der Waals surface area contributed by atoms with E-state index in [0.717, 1.165) is 12.8 Å². The van der Waals surface area contributed by atoms with Crippen LogP contribution in [0.15, 0.2) is 29.2 Å². The third-order valence-electron chi connectivity index (χ3n) is 2.72. The van der Waals surface area contributed by atoms with Crippen molar-refractivity contribution in [1.29, 1.82) is 0 Å². The van der Waals surface area contributed by atoms with Gasteiger partial charge in [0.05, 0.1) is 28.8 Å². The van der Waals surface area contributed by atoms with E-state index in [0.29, 0.717) is 10.6 Å².